The number of aromatic nitrogens is 3. The van der Waals surface area contributed by atoms with E-state index in [1.165, 1.54) is 0 Å². The summed E-state index contributed by atoms with van der Waals surface area (Å²) in [5, 5.41) is 11.8. The molecule has 158 valence electrons. The highest BCUT2D eigenvalue weighted by molar-refractivity contribution is 5.86. The van der Waals surface area contributed by atoms with Crippen LogP contribution in [0.5, 0.6) is 5.88 Å². The number of ether oxygens (including phenoxy) is 1. The Balaban J connectivity index is 0.00000196. The van der Waals surface area contributed by atoms with Gasteiger partial charge in [-0.15, -0.1) is 29.9 Å². The molecule has 2 atom stereocenters. The van der Waals surface area contributed by atoms with Gasteiger partial charge in [-0.2, -0.15) is 0 Å². The van der Waals surface area contributed by atoms with Gasteiger partial charge in [-0.05, 0) is 50.3 Å². The first-order chi connectivity index (χ1) is 12.4. The average Bonchev–Trinajstić information content (AvgIpc) is 2.93. The normalized spacial score (nSPS) is 18.9. The molecular weight excluding hydrogens is 401 g/mol. The van der Waals surface area contributed by atoms with Crippen LogP contribution in [0.25, 0.3) is 11.0 Å². The first-order valence-corrected chi connectivity index (χ1v) is 9.29. The Bertz CT molecular complexity index is 824. The molecule has 1 aliphatic heterocycles. The summed E-state index contributed by atoms with van der Waals surface area (Å²) in [7, 11) is 3.48. The molecule has 0 saturated carbocycles. The number of methoxy groups -OCH3 is 1. The number of nitrogens with zero attached hydrogens (tertiary/aromatic N) is 3. The van der Waals surface area contributed by atoms with Gasteiger partial charge in [0.1, 0.15) is 0 Å². The van der Waals surface area contributed by atoms with Crippen molar-refractivity contribution in [3.05, 3.63) is 16.8 Å². The predicted octanol–water partition coefficient (Wildman–Crippen LogP) is 2.48. The number of fused-ring (bicyclic) bond motifs is 1. The Kier molecular flexibility index (Phi) is 8.98. The summed E-state index contributed by atoms with van der Waals surface area (Å²) < 4.78 is 7.14. The molecule has 3 rings (SSSR count). The first kappa shape index (κ1) is 24.5. The minimum atomic E-state index is 0. The molecule has 0 bridgehead atoms. The van der Waals surface area contributed by atoms with Gasteiger partial charge in [0.05, 0.1) is 12.5 Å². The van der Waals surface area contributed by atoms with E-state index in [4.69, 9.17) is 4.74 Å². The Labute approximate surface area is 178 Å². The number of aryl methyl sites for hydroxylation is 3. The van der Waals surface area contributed by atoms with Gasteiger partial charge >= 0.3 is 0 Å². The lowest BCUT2D eigenvalue weighted by Crippen LogP contribution is -2.50. The van der Waals surface area contributed by atoms with Crippen LogP contribution in [-0.4, -0.2) is 46.9 Å². The monoisotopic (exact) mass is 431 g/mol. The van der Waals surface area contributed by atoms with Crippen molar-refractivity contribution in [2.45, 2.75) is 46.1 Å². The standard InChI is InChI=1S/C19H29N5O2.2ClH/c1-11-8-9-20-10-15(11)22-16(25)7-6-14-12(2)17-18(21-13(14)3)24(4)23-19(17)26-5;;/h11,15,20H,6-10H2,1-5H3,(H,22,25);2*1H. The molecule has 3 heterocycles. The van der Waals surface area contributed by atoms with Crippen LogP contribution < -0.4 is 15.4 Å². The van der Waals surface area contributed by atoms with Crippen LogP contribution >= 0.6 is 24.8 Å². The van der Waals surface area contributed by atoms with Crippen LogP contribution in [0.2, 0.25) is 0 Å². The molecule has 2 unspecified atom stereocenters. The Morgan fingerprint density at radius 3 is 2.71 bits per heavy atom. The van der Waals surface area contributed by atoms with Gasteiger partial charge in [0.2, 0.25) is 11.8 Å². The zero-order valence-electron chi connectivity index (χ0n) is 17.2. The minimum absolute atomic E-state index is 0. The maximum absolute atomic E-state index is 12.4. The maximum Gasteiger partial charge on any atom is 0.242 e. The number of carbonyl (C=O) groups excluding carboxylic acids is 1. The highest BCUT2D eigenvalue weighted by atomic mass is 35.5. The SMILES string of the molecule is COc1nn(C)c2nc(C)c(CCC(=O)NC3CNCCC3C)c(C)c12.Cl.Cl. The second-order valence-electron chi connectivity index (χ2n) is 7.28. The van der Waals surface area contributed by atoms with E-state index in [0.717, 1.165) is 47.4 Å². The molecule has 0 radical (unpaired) electrons. The number of pyridine rings is 1. The van der Waals surface area contributed by atoms with Gasteiger partial charge in [-0.1, -0.05) is 6.92 Å². The third kappa shape index (κ3) is 4.88. The lowest BCUT2D eigenvalue weighted by Gasteiger charge is -2.30. The van der Waals surface area contributed by atoms with Crippen molar-refractivity contribution in [2.75, 3.05) is 20.2 Å². The number of hydrogen-bond donors (Lipinski definition) is 2. The largest absolute Gasteiger partial charge is 0.479 e. The maximum atomic E-state index is 12.4. The Morgan fingerprint density at radius 1 is 1.36 bits per heavy atom. The lowest BCUT2D eigenvalue weighted by atomic mass is 9.94. The van der Waals surface area contributed by atoms with Gasteiger partial charge in [-0.25, -0.2) is 9.67 Å². The van der Waals surface area contributed by atoms with Gasteiger partial charge in [0, 0.05) is 31.7 Å². The van der Waals surface area contributed by atoms with Crippen molar-refractivity contribution in [3.63, 3.8) is 0 Å². The van der Waals surface area contributed by atoms with Crippen molar-refractivity contribution in [2.24, 2.45) is 13.0 Å². The van der Waals surface area contributed by atoms with Gasteiger partial charge in [0.25, 0.3) is 0 Å². The summed E-state index contributed by atoms with van der Waals surface area (Å²) in [5.41, 5.74) is 3.96. The molecule has 0 aromatic carbocycles. The average molecular weight is 432 g/mol. The summed E-state index contributed by atoms with van der Waals surface area (Å²) >= 11 is 0. The molecule has 0 aliphatic carbocycles. The topological polar surface area (TPSA) is 81.1 Å². The van der Waals surface area contributed by atoms with Crippen molar-refractivity contribution >= 4 is 41.8 Å². The van der Waals surface area contributed by atoms with Crippen LogP contribution in [-0.2, 0) is 18.3 Å². The summed E-state index contributed by atoms with van der Waals surface area (Å²) in [6.45, 7) is 8.14. The van der Waals surface area contributed by atoms with Gasteiger partial charge in [0.15, 0.2) is 5.65 Å². The summed E-state index contributed by atoms with van der Waals surface area (Å²) in [4.78, 5) is 17.1. The smallest absolute Gasteiger partial charge is 0.242 e. The number of halogens is 2. The van der Waals surface area contributed by atoms with Crippen LogP contribution in [0.3, 0.4) is 0 Å². The summed E-state index contributed by atoms with van der Waals surface area (Å²) in [6.07, 6.45) is 2.23. The number of amides is 1. The van der Waals surface area contributed by atoms with E-state index < -0.39 is 0 Å². The predicted molar refractivity (Wildman–Crippen MR) is 116 cm³/mol. The molecule has 1 aliphatic rings. The molecular formula is C19H31Cl2N5O2. The molecule has 1 saturated heterocycles. The molecule has 9 heteroatoms. The third-order valence-electron chi connectivity index (χ3n) is 5.49. The highest BCUT2D eigenvalue weighted by Gasteiger charge is 2.23. The van der Waals surface area contributed by atoms with Crippen molar-refractivity contribution in [1.29, 1.82) is 0 Å². The molecule has 2 aromatic rings. The zero-order chi connectivity index (χ0) is 18.8. The van der Waals surface area contributed by atoms with Crippen molar-refractivity contribution < 1.29 is 9.53 Å². The van der Waals surface area contributed by atoms with Gasteiger partial charge in [-0.3, -0.25) is 4.79 Å². The second-order valence-corrected chi connectivity index (χ2v) is 7.28. The zero-order valence-corrected chi connectivity index (χ0v) is 18.8. The fraction of sp³-hybridized carbons (Fsp3) is 0.632. The highest BCUT2D eigenvalue weighted by Crippen LogP contribution is 2.30. The van der Waals surface area contributed by atoms with E-state index >= 15 is 0 Å². The lowest BCUT2D eigenvalue weighted by molar-refractivity contribution is -0.122. The summed E-state index contributed by atoms with van der Waals surface area (Å²) in [5.74, 6) is 1.20. The molecule has 28 heavy (non-hydrogen) atoms. The minimum Gasteiger partial charge on any atom is -0.479 e. The molecule has 1 amide bonds. The number of carbonyl (C=O) groups is 1. The fourth-order valence-electron chi connectivity index (χ4n) is 3.81. The van der Waals surface area contributed by atoms with Crippen molar-refractivity contribution in [3.8, 4) is 5.88 Å². The van der Waals surface area contributed by atoms with Gasteiger partial charge < -0.3 is 15.4 Å². The van der Waals surface area contributed by atoms with Crippen LogP contribution in [0.4, 0.5) is 0 Å². The van der Waals surface area contributed by atoms with E-state index in [-0.39, 0.29) is 36.8 Å². The van der Waals surface area contributed by atoms with E-state index in [1.807, 2.05) is 14.0 Å². The molecule has 0 spiro atoms. The number of nitrogens with one attached hydrogen (secondary N) is 2. The Hall–Kier alpha value is -1.57. The fourth-order valence-corrected chi connectivity index (χ4v) is 3.81. The number of piperidine rings is 1. The van der Waals surface area contributed by atoms with E-state index in [2.05, 4.69) is 34.6 Å². The Morgan fingerprint density at radius 2 is 2.07 bits per heavy atom. The second kappa shape index (κ2) is 10.3. The number of hydrogen-bond acceptors (Lipinski definition) is 5. The molecule has 1 fully saturated rings. The van der Waals surface area contributed by atoms with E-state index in [9.17, 15) is 4.79 Å². The molecule has 7 nitrogen and oxygen atoms in total. The first-order valence-electron chi connectivity index (χ1n) is 9.29. The van der Waals surface area contributed by atoms with Crippen LogP contribution in [0.15, 0.2) is 0 Å². The van der Waals surface area contributed by atoms with Crippen LogP contribution in [0.1, 0.15) is 36.6 Å². The van der Waals surface area contributed by atoms with E-state index in [0.29, 0.717) is 24.6 Å². The van der Waals surface area contributed by atoms with E-state index in [1.54, 1.807) is 11.8 Å². The molecule has 2 aromatic heterocycles. The number of rotatable bonds is 5. The van der Waals surface area contributed by atoms with Crippen molar-refractivity contribution in [1.82, 2.24) is 25.4 Å². The third-order valence-corrected chi connectivity index (χ3v) is 5.49. The molecule has 2 N–H and O–H groups in total. The summed E-state index contributed by atoms with van der Waals surface area (Å²) in [6, 6.07) is 0.220. The quantitative estimate of drug-likeness (QED) is 0.759. The van der Waals surface area contributed by atoms with Crippen LogP contribution in [0, 0.1) is 19.8 Å².